The van der Waals surface area contributed by atoms with E-state index in [0.717, 1.165) is 37.6 Å². The minimum absolute atomic E-state index is 0.198. The Labute approximate surface area is 203 Å². The lowest BCUT2D eigenvalue weighted by Gasteiger charge is -2.33. The SMILES string of the molecule is CN1CCN(c2ccc(-c3ccnc(NCc4ncc(-c5noc(C(F)(F)F)n5)cn4)n3)cn2)CC1. The molecule has 14 heteroatoms. The lowest BCUT2D eigenvalue weighted by Crippen LogP contribution is -2.44. The molecule has 5 heterocycles. The Bertz CT molecular complexity index is 1300. The molecule has 186 valence electrons. The van der Waals surface area contributed by atoms with Gasteiger partial charge in [-0.3, -0.25) is 0 Å². The molecule has 11 nitrogen and oxygen atoms in total. The third kappa shape index (κ3) is 5.38. The number of likely N-dealkylation sites (N-methyl/N-ethyl adjacent to an activating group) is 1. The van der Waals surface area contributed by atoms with E-state index < -0.39 is 12.1 Å². The molecule has 0 aromatic carbocycles. The zero-order valence-corrected chi connectivity index (χ0v) is 19.1. The van der Waals surface area contributed by atoms with Gasteiger partial charge in [-0.1, -0.05) is 5.16 Å². The molecule has 1 N–H and O–H groups in total. The third-order valence-corrected chi connectivity index (χ3v) is 5.56. The summed E-state index contributed by atoms with van der Waals surface area (Å²) in [5.41, 5.74) is 1.76. The molecule has 0 amide bonds. The summed E-state index contributed by atoms with van der Waals surface area (Å²) in [6.45, 7) is 4.10. The number of nitrogens with one attached hydrogen (secondary N) is 1. The molecule has 0 saturated carbocycles. The van der Waals surface area contributed by atoms with Crippen LogP contribution in [0.2, 0.25) is 0 Å². The first kappa shape index (κ1) is 23.5. The van der Waals surface area contributed by atoms with Gasteiger partial charge in [0.25, 0.3) is 0 Å². The number of pyridine rings is 1. The first-order valence-electron chi connectivity index (χ1n) is 11.0. The number of alkyl halides is 3. The van der Waals surface area contributed by atoms with Crippen LogP contribution >= 0.6 is 0 Å². The van der Waals surface area contributed by atoms with E-state index in [1.165, 1.54) is 12.4 Å². The molecule has 0 unspecified atom stereocenters. The van der Waals surface area contributed by atoms with Crippen molar-refractivity contribution in [3.63, 3.8) is 0 Å². The number of hydrogen-bond donors (Lipinski definition) is 1. The molecule has 1 fully saturated rings. The minimum atomic E-state index is -4.72. The van der Waals surface area contributed by atoms with Crippen molar-refractivity contribution in [2.45, 2.75) is 12.7 Å². The maximum Gasteiger partial charge on any atom is 0.471 e. The van der Waals surface area contributed by atoms with Crippen LogP contribution in [0, 0.1) is 0 Å². The van der Waals surface area contributed by atoms with Crippen LogP contribution in [0.15, 0.2) is 47.5 Å². The molecule has 0 aliphatic carbocycles. The van der Waals surface area contributed by atoms with Gasteiger partial charge in [-0.15, -0.1) is 0 Å². The summed E-state index contributed by atoms with van der Waals surface area (Å²) >= 11 is 0. The van der Waals surface area contributed by atoms with Gasteiger partial charge in [-0.05, 0) is 25.2 Å². The van der Waals surface area contributed by atoms with E-state index in [1.807, 2.05) is 12.1 Å². The van der Waals surface area contributed by atoms with Crippen LogP contribution in [0.25, 0.3) is 22.6 Å². The maximum absolute atomic E-state index is 12.6. The predicted octanol–water partition coefficient (Wildman–Crippen LogP) is 2.76. The predicted molar refractivity (Wildman–Crippen MR) is 123 cm³/mol. The lowest BCUT2D eigenvalue weighted by atomic mass is 10.2. The molecule has 0 spiro atoms. The smallest absolute Gasteiger partial charge is 0.354 e. The molecular weight excluding hydrogens is 477 g/mol. The Morgan fingerprint density at radius 2 is 1.67 bits per heavy atom. The molecule has 36 heavy (non-hydrogen) atoms. The Balaban J connectivity index is 1.21. The largest absolute Gasteiger partial charge is 0.471 e. The van der Waals surface area contributed by atoms with E-state index >= 15 is 0 Å². The highest BCUT2D eigenvalue weighted by atomic mass is 19.4. The van der Waals surface area contributed by atoms with Crippen molar-refractivity contribution in [3.05, 3.63) is 54.7 Å². The summed E-state index contributed by atoms with van der Waals surface area (Å²) in [4.78, 5) is 29.5. The van der Waals surface area contributed by atoms with Crippen LogP contribution in [0.3, 0.4) is 0 Å². The average molecular weight is 498 g/mol. The normalized spacial score (nSPS) is 14.7. The molecule has 5 rings (SSSR count). The fourth-order valence-electron chi connectivity index (χ4n) is 3.54. The van der Waals surface area contributed by atoms with Crippen molar-refractivity contribution in [2.75, 3.05) is 43.4 Å². The van der Waals surface area contributed by atoms with E-state index in [-0.39, 0.29) is 17.9 Å². The molecular formula is C22H21F3N10O. The average Bonchev–Trinajstić information content (AvgIpc) is 3.40. The monoisotopic (exact) mass is 498 g/mol. The highest BCUT2D eigenvalue weighted by Crippen LogP contribution is 2.29. The van der Waals surface area contributed by atoms with E-state index in [0.29, 0.717) is 17.5 Å². The zero-order chi connectivity index (χ0) is 25.1. The van der Waals surface area contributed by atoms with E-state index in [9.17, 15) is 13.2 Å². The second kappa shape index (κ2) is 9.81. The van der Waals surface area contributed by atoms with Gasteiger partial charge in [0.05, 0.1) is 17.8 Å². The zero-order valence-electron chi connectivity index (χ0n) is 19.1. The molecule has 4 aromatic rings. The van der Waals surface area contributed by atoms with Gasteiger partial charge in [0.2, 0.25) is 11.8 Å². The number of nitrogens with zero attached hydrogens (tertiary/aromatic N) is 9. The van der Waals surface area contributed by atoms with Crippen molar-refractivity contribution >= 4 is 11.8 Å². The first-order valence-corrected chi connectivity index (χ1v) is 11.0. The Hall–Kier alpha value is -4.20. The van der Waals surface area contributed by atoms with Gasteiger partial charge in [0.1, 0.15) is 11.6 Å². The highest BCUT2D eigenvalue weighted by molar-refractivity contribution is 5.61. The van der Waals surface area contributed by atoms with Crippen LogP contribution in [-0.2, 0) is 12.7 Å². The number of hydrogen-bond acceptors (Lipinski definition) is 11. The summed E-state index contributed by atoms with van der Waals surface area (Å²) in [6, 6.07) is 5.77. The molecule has 1 aliphatic rings. The summed E-state index contributed by atoms with van der Waals surface area (Å²) in [5.74, 6) is 0.0201. The van der Waals surface area contributed by atoms with Crippen LogP contribution in [0.5, 0.6) is 0 Å². The number of anilines is 2. The van der Waals surface area contributed by atoms with Crippen LogP contribution in [0.4, 0.5) is 24.9 Å². The summed E-state index contributed by atoms with van der Waals surface area (Å²) < 4.78 is 42.1. The molecule has 1 aliphatic heterocycles. The fraction of sp³-hybridized carbons (Fsp3) is 0.318. The van der Waals surface area contributed by atoms with Gasteiger partial charge >= 0.3 is 12.1 Å². The quantitative estimate of drug-likeness (QED) is 0.422. The van der Waals surface area contributed by atoms with Crippen molar-refractivity contribution in [3.8, 4) is 22.6 Å². The Kier molecular flexibility index (Phi) is 6.41. The van der Waals surface area contributed by atoms with E-state index in [4.69, 9.17) is 0 Å². The number of piperazine rings is 1. The number of aromatic nitrogens is 7. The maximum atomic E-state index is 12.6. The van der Waals surface area contributed by atoms with Crippen molar-refractivity contribution in [2.24, 2.45) is 0 Å². The van der Waals surface area contributed by atoms with Crippen molar-refractivity contribution < 1.29 is 17.7 Å². The first-order chi connectivity index (χ1) is 17.3. The summed E-state index contributed by atoms with van der Waals surface area (Å²) in [5, 5.41) is 6.36. The standard InChI is InChI=1S/C22H21F3N10O/c1-34-6-8-35(9-7-34)18-3-2-14(10-29-18)16-4-5-26-21(31-16)30-13-17-27-11-15(12-28-17)19-32-20(36-33-19)22(23,24)25/h2-5,10-12H,6-9,13H2,1H3,(H,26,30,31). The Morgan fingerprint density at radius 3 is 2.33 bits per heavy atom. The van der Waals surface area contributed by atoms with Gasteiger partial charge in [-0.2, -0.15) is 18.2 Å². The van der Waals surface area contributed by atoms with Gasteiger partial charge < -0.3 is 19.6 Å². The van der Waals surface area contributed by atoms with Gasteiger partial charge in [0, 0.05) is 56.5 Å². The van der Waals surface area contributed by atoms with Gasteiger partial charge in [-0.25, -0.2) is 24.9 Å². The molecule has 0 radical (unpaired) electrons. The fourth-order valence-corrected chi connectivity index (χ4v) is 3.54. The van der Waals surface area contributed by atoms with Crippen molar-refractivity contribution in [1.29, 1.82) is 0 Å². The van der Waals surface area contributed by atoms with E-state index in [2.05, 4.69) is 61.7 Å². The molecule has 0 atom stereocenters. The van der Waals surface area contributed by atoms with Crippen molar-refractivity contribution in [1.82, 2.24) is 40.0 Å². The topological polar surface area (TPSA) is 122 Å². The van der Waals surface area contributed by atoms with E-state index in [1.54, 1.807) is 18.5 Å². The second-order valence-corrected chi connectivity index (χ2v) is 8.12. The summed E-state index contributed by atoms with van der Waals surface area (Å²) in [6.07, 6.45) is 1.36. The summed E-state index contributed by atoms with van der Waals surface area (Å²) in [7, 11) is 2.11. The highest BCUT2D eigenvalue weighted by Gasteiger charge is 2.38. The lowest BCUT2D eigenvalue weighted by molar-refractivity contribution is -0.159. The number of rotatable bonds is 6. The molecule has 1 saturated heterocycles. The molecule has 4 aromatic heterocycles. The Morgan fingerprint density at radius 1 is 0.917 bits per heavy atom. The molecule has 0 bridgehead atoms. The van der Waals surface area contributed by atoms with Gasteiger partial charge in [0.15, 0.2) is 0 Å². The van der Waals surface area contributed by atoms with Crippen LogP contribution in [0.1, 0.15) is 11.7 Å². The van der Waals surface area contributed by atoms with Crippen LogP contribution < -0.4 is 10.2 Å². The minimum Gasteiger partial charge on any atom is -0.354 e. The van der Waals surface area contributed by atoms with Crippen LogP contribution in [-0.4, -0.2) is 73.2 Å². The number of halogens is 3. The third-order valence-electron chi connectivity index (χ3n) is 5.56. The second-order valence-electron chi connectivity index (χ2n) is 8.12.